The van der Waals surface area contributed by atoms with Gasteiger partial charge < -0.3 is 14.2 Å². The topological polar surface area (TPSA) is 73.9 Å². The summed E-state index contributed by atoms with van der Waals surface area (Å²) in [5, 5.41) is 1.14. The summed E-state index contributed by atoms with van der Waals surface area (Å²) in [7, 11) is -1.96. The number of benzene rings is 2. The highest BCUT2D eigenvalue weighted by Crippen LogP contribution is 2.32. The summed E-state index contributed by atoms with van der Waals surface area (Å²) in [4.78, 5) is 0. The lowest BCUT2D eigenvalue weighted by Crippen LogP contribution is -2.20. The van der Waals surface area contributed by atoms with Gasteiger partial charge >= 0.3 is 0 Å². The summed E-state index contributed by atoms with van der Waals surface area (Å²) in [6, 6.07) is 12.4. The van der Waals surface area contributed by atoms with Crippen LogP contribution in [0.3, 0.4) is 0 Å². The van der Waals surface area contributed by atoms with Gasteiger partial charge in [-0.25, -0.2) is 13.1 Å². The molecule has 0 saturated heterocycles. The Bertz CT molecular complexity index is 844. The maximum Gasteiger partial charge on any atom is 0.234 e. The molecule has 0 radical (unpaired) electrons. The number of hydrogen-bond acceptors (Lipinski definition) is 5. The quantitative estimate of drug-likeness (QED) is 0.869. The molecule has 0 amide bonds. The van der Waals surface area contributed by atoms with E-state index in [1.54, 1.807) is 49.6 Å². The molecule has 0 aliphatic carbocycles. The van der Waals surface area contributed by atoms with Gasteiger partial charge in [0.1, 0.15) is 5.75 Å². The Morgan fingerprint density at radius 3 is 2.62 bits per heavy atom. The molecule has 1 heterocycles. The van der Waals surface area contributed by atoms with Crippen LogP contribution in [0.5, 0.6) is 17.2 Å². The number of fused-ring (bicyclic) bond motifs is 1. The number of rotatable bonds is 6. The van der Waals surface area contributed by atoms with E-state index >= 15 is 0 Å². The maximum absolute atomic E-state index is 12.1. The number of nitrogens with one attached hydrogen (secondary N) is 1. The molecule has 0 spiro atoms. The summed E-state index contributed by atoms with van der Waals surface area (Å²) in [5.74, 6) is 2.01. The van der Waals surface area contributed by atoms with Crippen LogP contribution in [0.15, 0.2) is 47.9 Å². The Morgan fingerprint density at radius 1 is 1.12 bits per heavy atom. The predicted octanol–water partition coefficient (Wildman–Crippen LogP) is 2.51. The summed E-state index contributed by atoms with van der Waals surface area (Å²) < 4.78 is 42.2. The molecule has 24 heavy (non-hydrogen) atoms. The van der Waals surface area contributed by atoms with Crippen LogP contribution in [0.1, 0.15) is 11.1 Å². The van der Waals surface area contributed by atoms with Gasteiger partial charge in [0.15, 0.2) is 11.5 Å². The van der Waals surface area contributed by atoms with E-state index in [9.17, 15) is 8.42 Å². The molecule has 7 heteroatoms. The van der Waals surface area contributed by atoms with E-state index in [1.165, 1.54) is 6.08 Å². The smallest absolute Gasteiger partial charge is 0.234 e. The average Bonchev–Trinajstić information content (AvgIpc) is 3.06. The highest BCUT2D eigenvalue weighted by Gasteiger charge is 2.14. The first-order chi connectivity index (χ1) is 11.6. The van der Waals surface area contributed by atoms with Crippen molar-refractivity contribution in [1.82, 2.24) is 4.72 Å². The molecule has 1 aliphatic heterocycles. The Labute approximate surface area is 140 Å². The number of ether oxygens (including phenoxy) is 3. The molecule has 0 fully saturated rings. The van der Waals surface area contributed by atoms with Gasteiger partial charge in [0.25, 0.3) is 0 Å². The molecule has 2 aromatic carbocycles. The average molecular weight is 347 g/mol. The van der Waals surface area contributed by atoms with Crippen molar-refractivity contribution >= 4 is 16.1 Å². The van der Waals surface area contributed by atoms with E-state index < -0.39 is 10.0 Å². The van der Waals surface area contributed by atoms with Crippen molar-refractivity contribution in [3.8, 4) is 17.2 Å². The molecule has 1 aliphatic rings. The highest BCUT2D eigenvalue weighted by atomic mass is 32.2. The SMILES string of the molecule is COc1ccc(C=CS(=O)(=O)NCc2ccc3c(c2)OCO3)cc1. The molecule has 0 aromatic heterocycles. The van der Waals surface area contributed by atoms with Crippen molar-refractivity contribution in [2.45, 2.75) is 6.54 Å². The van der Waals surface area contributed by atoms with E-state index in [4.69, 9.17) is 14.2 Å². The van der Waals surface area contributed by atoms with Crippen LogP contribution in [0.2, 0.25) is 0 Å². The van der Waals surface area contributed by atoms with Crippen molar-refractivity contribution in [3.05, 3.63) is 59.0 Å². The van der Waals surface area contributed by atoms with Crippen LogP contribution in [-0.2, 0) is 16.6 Å². The molecule has 6 nitrogen and oxygen atoms in total. The predicted molar refractivity (Wildman–Crippen MR) is 90.4 cm³/mol. The molecule has 0 bridgehead atoms. The summed E-state index contributed by atoms with van der Waals surface area (Å²) in [5.41, 5.74) is 1.56. The summed E-state index contributed by atoms with van der Waals surface area (Å²) in [6.07, 6.45) is 1.53. The van der Waals surface area contributed by atoms with Crippen molar-refractivity contribution in [2.24, 2.45) is 0 Å². The fraction of sp³-hybridized carbons (Fsp3) is 0.176. The van der Waals surface area contributed by atoms with Crippen molar-refractivity contribution < 1.29 is 22.6 Å². The second-order valence-corrected chi connectivity index (χ2v) is 6.78. The van der Waals surface area contributed by atoms with E-state index in [0.29, 0.717) is 11.5 Å². The van der Waals surface area contributed by atoms with Crippen LogP contribution in [0.4, 0.5) is 0 Å². The zero-order chi connectivity index (χ0) is 17.0. The monoisotopic (exact) mass is 347 g/mol. The largest absolute Gasteiger partial charge is 0.497 e. The lowest BCUT2D eigenvalue weighted by Gasteiger charge is -2.04. The fourth-order valence-corrected chi connectivity index (χ4v) is 2.97. The second-order valence-electron chi connectivity index (χ2n) is 5.13. The van der Waals surface area contributed by atoms with Gasteiger partial charge in [-0.15, -0.1) is 0 Å². The molecule has 2 aromatic rings. The zero-order valence-corrected chi connectivity index (χ0v) is 13.9. The van der Waals surface area contributed by atoms with Crippen molar-refractivity contribution in [2.75, 3.05) is 13.9 Å². The molecule has 0 unspecified atom stereocenters. The Hall–Kier alpha value is -2.51. The van der Waals surface area contributed by atoms with Gasteiger partial charge in [-0.1, -0.05) is 18.2 Å². The minimum Gasteiger partial charge on any atom is -0.497 e. The first-order valence-electron chi connectivity index (χ1n) is 7.26. The fourth-order valence-electron chi connectivity index (χ4n) is 2.17. The lowest BCUT2D eigenvalue weighted by molar-refractivity contribution is 0.174. The Balaban J connectivity index is 1.62. The number of sulfonamides is 1. The Kier molecular flexibility index (Phi) is 4.73. The second kappa shape index (κ2) is 6.94. The minimum atomic E-state index is -3.54. The first kappa shape index (κ1) is 16.4. The molecule has 126 valence electrons. The van der Waals surface area contributed by atoms with Crippen LogP contribution in [0.25, 0.3) is 6.08 Å². The summed E-state index contributed by atoms with van der Waals surface area (Å²) >= 11 is 0. The molecule has 1 N–H and O–H groups in total. The van der Waals surface area contributed by atoms with E-state index in [1.807, 2.05) is 0 Å². The van der Waals surface area contributed by atoms with Gasteiger partial charge in [-0.3, -0.25) is 0 Å². The maximum atomic E-state index is 12.1. The highest BCUT2D eigenvalue weighted by molar-refractivity contribution is 7.92. The van der Waals surface area contributed by atoms with E-state index in [0.717, 1.165) is 22.3 Å². The van der Waals surface area contributed by atoms with Gasteiger partial charge in [0.05, 0.1) is 7.11 Å². The third kappa shape index (κ3) is 4.06. The lowest BCUT2D eigenvalue weighted by atomic mass is 10.2. The molecular formula is C17H17NO5S. The Morgan fingerprint density at radius 2 is 1.88 bits per heavy atom. The molecule has 3 rings (SSSR count). The summed E-state index contributed by atoms with van der Waals surface area (Å²) in [6.45, 7) is 0.362. The van der Waals surface area contributed by atoms with Crippen LogP contribution in [-0.4, -0.2) is 22.3 Å². The first-order valence-corrected chi connectivity index (χ1v) is 8.81. The van der Waals surface area contributed by atoms with Gasteiger partial charge in [-0.05, 0) is 41.5 Å². The normalized spacial score (nSPS) is 13.4. The van der Waals surface area contributed by atoms with E-state index in [-0.39, 0.29) is 13.3 Å². The molecule has 0 atom stereocenters. The number of methoxy groups -OCH3 is 1. The van der Waals surface area contributed by atoms with Crippen molar-refractivity contribution in [1.29, 1.82) is 0 Å². The van der Waals surface area contributed by atoms with Crippen LogP contribution in [0, 0.1) is 0 Å². The van der Waals surface area contributed by atoms with Gasteiger partial charge in [-0.2, -0.15) is 0 Å². The van der Waals surface area contributed by atoms with Gasteiger partial charge in [0, 0.05) is 12.0 Å². The van der Waals surface area contributed by atoms with Crippen LogP contribution < -0.4 is 18.9 Å². The third-order valence-corrected chi connectivity index (χ3v) is 4.51. The number of hydrogen-bond donors (Lipinski definition) is 1. The third-order valence-electron chi connectivity index (χ3n) is 3.47. The zero-order valence-electron chi connectivity index (χ0n) is 13.1. The van der Waals surface area contributed by atoms with Crippen LogP contribution >= 0.6 is 0 Å². The standard InChI is InChI=1S/C17H17NO5S/c1-21-15-5-2-13(3-6-15)8-9-24(19,20)18-11-14-4-7-16-17(10-14)23-12-22-16/h2-10,18H,11-12H2,1H3. The van der Waals surface area contributed by atoms with Crippen molar-refractivity contribution in [3.63, 3.8) is 0 Å². The minimum absolute atomic E-state index is 0.173. The van der Waals surface area contributed by atoms with E-state index in [2.05, 4.69) is 4.72 Å². The van der Waals surface area contributed by atoms with Gasteiger partial charge in [0.2, 0.25) is 16.8 Å². The molecular weight excluding hydrogens is 330 g/mol. The molecule has 0 saturated carbocycles.